The van der Waals surface area contributed by atoms with Crippen LogP contribution in [0.3, 0.4) is 0 Å². The Morgan fingerprint density at radius 1 is 1.30 bits per heavy atom. The lowest BCUT2D eigenvalue weighted by Gasteiger charge is -2.25. The summed E-state index contributed by atoms with van der Waals surface area (Å²) in [6.45, 7) is 9.95. The van der Waals surface area contributed by atoms with E-state index in [1.54, 1.807) is 18.3 Å². The second kappa shape index (κ2) is 8.84. The Hall–Kier alpha value is -2.48. The molecule has 23 heavy (non-hydrogen) atoms. The van der Waals surface area contributed by atoms with Crippen LogP contribution in [-0.2, 0) is 4.79 Å². The summed E-state index contributed by atoms with van der Waals surface area (Å²) in [6.07, 6.45) is 1.62. The Labute approximate surface area is 138 Å². The van der Waals surface area contributed by atoms with Gasteiger partial charge in [0.1, 0.15) is 17.4 Å². The highest BCUT2D eigenvalue weighted by atomic mass is 16.3. The summed E-state index contributed by atoms with van der Waals surface area (Å²) in [5.74, 6) is 0.445. The molecule has 1 amide bonds. The molecule has 1 aromatic rings. The minimum Gasteiger partial charge on any atom is -0.508 e. The van der Waals surface area contributed by atoms with Gasteiger partial charge in [-0.15, -0.1) is 0 Å². The average molecular weight is 315 g/mol. The third kappa shape index (κ3) is 6.88. The van der Waals surface area contributed by atoms with Crippen molar-refractivity contribution in [1.82, 2.24) is 4.90 Å². The molecule has 0 aliphatic carbocycles. The third-order valence-corrected chi connectivity index (χ3v) is 2.98. The monoisotopic (exact) mass is 315 g/mol. The molecule has 0 saturated heterocycles. The second-order valence-corrected chi connectivity index (χ2v) is 6.40. The lowest BCUT2D eigenvalue weighted by molar-refractivity contribution is -0.112. The topological polar surface area (TPSA) is 76.4 Å². The molecule has 5 nitrogen and oxygen atoms in total. The molecule has 2 N–H and O–H groups in total. The van der Waals surface area contributed by atoms with E-state index in [1.807, 2.05) is 11.0 Å². The van der Waals surface area contributed by atoms with Gasteiger partial charge >= 0.3 is 0 Å². The lowest BCUT2D eigenvalue weighted by atomic mass is 10.1. The van der Waals surface area contributed by atoms with Crippen LogP contribution < -0.4 is 5.32 Å². The number of nitrogens with zero attached hydrogens (tertiary/aromatic N) is 2. The summed E-state index contributed by atoms with van der Waals surface area (Å²) in [5, 5.41) is 21.3. The Morgan fingerprint density at radius 2 is 1.91 bits per heavy atom. The normalized spacial score (nSPS) is 11.4. The van der Waals surface area contributed by atoms with E-state index in [9.17, 15) is 15.2 Å². The van der Waals surface area contributed by atoms with Gasteiger partial charge in [0.25, 0.3) is 5.91 Å². The van der Waals surface area contributed by atoms with Crippen LogP contribution in [0.2, 0.25) is 0 Å². The number of carbonyl (C=O) groups is 1. The molecule has 0 heterocycles. The predicted molar refractivity (Wildman–Crippen MR) is 91.7 cm³/mol. The van der Waals surface area contributed by atoms with E-state index < -0.39 is 5.91 Å². The number of hydrogen-bond donors (Lipinski definition) is 2. The molecule has 1 aromatic carbocycles. The number of phenolic OH excluding ortho intramolecular Hbond substituents is 1. The number of nitrogens with one attached hydrogen (secondary N) is 1. The molecule has 0 bridgehead atoms. The molecule has 124 valence electrons. The smallest absolute Gasteiger partial charge is 0.267 e. The summed E-state index contributed by atoms with van der Waals surface area (Å²) in [7, 11) is 0. The number of hydrogen-bond acceptors (Lipinski definition) is 4. The molecule has 0 aromatic heterocycles. The maximum absolute atomic E-state index is 12.3. The number of nitriles is 1. The summed E-state index contributed by atoms with van der Waals surface area (Å²) in [5.41, 5.74) is 0.505. The third-order valence-electron chi connectivity index (χ3n) is 2.98. The van der Waals surface area contributed by atoms with Crippen molar-refractivity contribution in [2.75, 3.05) is 18.4 Å². The average Bonchev–Trinajstić information content (AvgIpc) is 2.43. The van der Waals surface area contributed by atoms with E-state index in [2.05, 4.69) is 33.0 Å². The van der Waals surface area contributed by atoms with Gasteiger partial charge in [0.15, 0.2) is 0 Å². The molecule has 5 heteroatoms. The van der Waals surface area contributed by atoms with E-state index in [4.69, 9.17) is 0 Å². The van der Waals surface area contributed by atoms with Crippen LogP contribution in [0.25, 0.3) is 0 Å². The number of benzene rings is 1. The van der Waals surface area contributed by atoms with Gasteiger partial charge < -0.3 is 15.3 Å². The van der Waals surface area contributed by atoms with E-state index in [0.717, 1.165) is 13.1 Å². The molecule has 0 aliphatic rings. The van der Waals surface area contributed by atoms with Crippen molar-refractivity contribution in [3.63, 3.8) is 0 Å². The quantitative estimate of drug-likeness (QED) is 0.597. The fourth-order valence-corrected chi connectivity index (χ4v) is 2.22. The van der Waals surface area contributed by atoms with Gasteiger partial charge in [-0.3, -0.25) is 4.79 Å². The van der Waals surface area contributed by atoms with E-state index >= 15 is 0 Å². The summed E-state index contributed by atoms with van der Waals surface area (Å²) >= 11 is 0. The van der Waals surface area contributed by atoms with Crippen LogP contribution in [0, 0.1) is 23.2 Å². The Kier molecular flexibility index (Phi) is 7.14. The number of carbonyl (C=O) groups excluding carboxylic acids is 1. The molecule has 0 spiro atoms. The zero-order valence-electron chi connectivity index (χ0n) is 14.2. The van der Waals surface area contributed by atoms with Crippen molar-refractivity contribution in [3.05, 3.63) is 36.0 Å². The number of phenols is 1. The number of aromatic hydroxyl groups is 1. The van der Waals surface area contributed by atoms with Crippen LogP contribution in [0.5, 0.6) is 5.75 Å². The first-order valence-electron chi connectivity index (χ1n) is 7.78. The second-order valence-electron chi connectivity index (χ2n) is 6.40. The first-order valence-corrected chi connectivity index (χ1v) is 7.78. The van der Waals surface area contributed by atoms with Crippen LogP contribution in [0.1, 0.15) is 27.7 Å². The molecule has 0 saturated carbocycles. The van der Waals surface area contributed by atoms with Crippen LogP contribution >= 0.6 is 0 Å². The fraction of sp³-hybridized carbons (Fsp3) is 0.444. The Balaban J connectivity index is 2.90. The highest BCUT2D eigenvalue weighted by Gasteiger charge is 2.13. The highest BCUT2D eigenvalue weighted by molar-refractivity contribution is 6.06. The maximum Gasteiger partial charge on any atom is 0.267 e. The van der Waals surface area contributed by atoms with Gasteiger partial charge in [-0.05, 0) is 24.0 Å². The van der Waals surface area contributed by atoms with Crippen LogP contribution in [0.15, 0.2) is 36.0 Å². The first-order chi connectivity index (χ1) is 10.8. The summed E-state index contributed by atoms with van der Waals surface area (Å²) < 4.78 is 0. The van der Waals surface area contributed by atoms with Crippen LogP contribution in [0.4, 0.5) is 5.69 Å². The molecular formula is C18H25N3O2. The van der Waals surface area contributed by atoms with Crippen molar-refractivity contribution in [2.45, 2.75) is 27.7 Å². The first kappa shape index (κ1) is 18.6. The highest BCUT2D eigenvalue weighted by Crippen LogP contribution is 2.16. The van der Waals surface area contributed by atoms with E-state index in [0.29, 0.717) is 17.5 Å². The van der Waals surface area contributed by atoms with Gasteiger partial charge in [0.2, 0.25) is 0 Å². The molecule has 0 radical (unpaired) electrons. The van der Waals surface area contributed by atoms with Crippen molar-refractivity contribution in [3.8, 4) is 11.8 Å². The molecule has 0 fully saturated rings. The van der Waals surface area contributed by atoms with E-state index in [-0.39, 0.29) is 11.3 Å². The van der Waals surface area contributed by atoms with Gasteiger partial charge in [-0.25, -0.2) is 0 Å². The molecule has 0 atom stereocenters. The Morgan fingerprint density at radius 3 is 2.39 bits per heavy atom. The number of rotatable bonds is 7. The number of anilines is 1. The predicted octanol–water partition coefficient (Wildman–Crippen LogP) is 3.35. The maximum atomic E-state index is 12.3. The van der Waals surface area contributed by atoms with Gasteiger partial charge in [0, 0.05) is 31.0 Å². The summed E-state index contributed by atoms with van der Waals surface area (Å²) in [6, 6.07) is 8.20. The minimum atomic E-state index is -0.476. The largest absolute Gasteiger partial charge is 0.508 e. The Bertz CT molecular complexity index is 591. The molecule has 0 unspecified atom stereocenters. The van der Waals surface area contributed by atoms with Gasteiger partial charge in [-0.2, -0.15) is 5.26 Å². The van der Waals surface area contributed by atoms with Crippen molar-refractivity contribution < 1.29 is 9.90 Å². The van der Waals surface area contributed by atoms with E-state index in [1.165, 1.54) is 12.1 Å². The van der Waals surface area contributed by atoms with Crippen molar-refractivity contribution in [1.29, 1.82) is 5.26 Å². The molecule has 1 rings (SSSR count). The minimum absolute atomic E-state index is 0.0506. The van der Waals surface area contributed by atoms with Gasteiger partial charge in [0.05, 0.1) is 0 Å². The molecule has 0 aliphatic heterocycles. The zero-order valence-corrected chi connectivity index (χ0v) is 14.2. The van der Waals surface area contributed by atoms with Crippen molar-refractivity contribution in [2.24, 2.45) is 11.8 Å². The summed E-state index contributed by atoms with van der Waals surface area (Å²) in [4.78, 5) is 14.3. The lowest BCUT2D eigenvalue weighted by Crippen LogP contribution is -2.28. The van der Waals surface area contributed by atoms with Gasteiger partial charge in [-0.1, -0.05) is 33.8 Å². The fourth-order valence-electron chi connectivity index (χ4n) is 2.22. The van der Waals surface area contributed by atoms with Crippen molar-refractivity contribution >= 4 is 11.6 Å². The number of amides is 1. The van der Waals surface area contributed by atoms with Crippen LogP contribution in [-0.4, -0.2) is 29.0 Å². The SMILES string of the molecule is CC(C)CN(/C=C(/C#N)C(=O)Nc1cccc(O)c1)CC(C)C. The zero-order chi connectivity index (χ0) is 17.4. The molecular weight excluding hydrogens is 290 g/mol. The standard InChI is InChI=1S/C18H25N3O2/c1-13(2)10-21(11-14(3)4)12-15(9-19)18(23)20-16-6-5-7-17(22)8-16/h5-8,12-14,22H,10-11H2,1-4H3,(H,20,23)/b15-12-.